The van der Waals surface area contributed by atoms with Crippen molar-refractivity contribution < 1.29 is 13.2 Å². The Kier molecular flexibility index (Phi) is 7.00. The molecule has 3 rings (SSSR count). The standard InChI is InChI=1S/C18H23N3O3S.ClH/c19-10-11-20-18(22)15-7-4-12-21(13-15)25(23,24)17-9-3-6-14-5-1-2-8-16(14)17;/h1-3,5-6,8-9,15H,4,7,10-13,19H2,(H,20,22);1H. The van der Waals surface area contributed by atoms with Crippen LogP contribution in [0.2, 0.25) is 0 Å². The summed E-state index contributed by atoms with van der Waals surface area (Å²) in [7, 11) is -3.65. The lowest BCUT2D eigenvalue weighted by Gasteiger charge is -2.31. The molecular formula is C18H24ClN3O3S. The fourth-order valence-electron chi connectivity index (χ4n) is 3.27. The zero-order valence-corrected chi connectivity index (χ0v) is 16.1. The second-order valence-corrected chi connectivity index (χ2v) is 8.17. The maximum atomic E-state index is 13.2. The number of halogens is 1. The Labute approximate surface area is 160 Å². The minimum atomic E-state index is -3.65. The number of amides is 1. The molecule has 2 aromatic rings. The Morgan fingerprint density at radius 1 is 1.19 bits per heavy atom. The van der Waals surface area contributed by atoms with Crippen LogP contribution in [0.4, 0.5) is 0 Å². The Morgan fingerprint density at radius 3 is 2.69 bits per heavy atom. The highest BCUT2D eigenvalue weighted by Crippen LogP contribution is 2.28. The number of benzene rings is 2. The minimum absolute atomic E-state index is 0. The Bertz CT molecular complexity index is 868. The summed E-state index contributed by atoms with van der Waals surface area (Å²) in [6.45, 7) is 1.43. The molecule has 8 heteroatoms. The van der Waals surface area contributed by atoms with Gasteiger partial charge in [0.15, 0.2) is 0 Å². The van der Waals surface area contributed by atoms with Crippen LogP contribution < -0.4 is 11.1 Å². The molecule has 1 heterocycles. The molecule has 0 bridgehead atoms. The van der Waals surface area contributed by atoms with Crippen molar-refractivity contribution >= 4 is 39.1 Å². The third-order valence-electron chi connectivity index (χ3n) is 4.57. The number of nitrogens with two attached hydrogens (primary N) is 1. The van der Waals surface area contributed by atoms with Gasteiger partial charge in [-0.25, -0.2) is 8.42 Å². The number of nitrogens with one attached hydrogen (secondary N) is 1. The van der Waals surface area contributed by atoms with E-state index < -0.39 is 10.0 Å². The van der Waals surface area contributed by atoms with Crippen LogP contribution >= 0.6 is 12.4 Å². The summed E-state index contributed by atoms with van der Waals surface area (Å²) in [5, 5.41) is 4.35. The summed E-state index contributed by atoms with van der Waals surface area (Å²) in [6, 6.07) is 12.7. The van der Waals surface area contributed by atoms with Gasteiger partial charge in [-0.3, -0.25) is 4.79 Å². The van der Waals surface area contributed by atoms with E-state index in [1.807, 2.05) is 30.3 Å². The molecule has 1 aliphatic rings. The smallest absolute Gasteiger partial charge is 0.243 e. The quantitative estimate of drug-likeness (QED) is 0.803. The van der Waals surface area contributed by atoms with Crippen molar-refractivity contribution in [1.29, 1.82) is 0 Å². The third kappa shape index (κ3) is 4.17. The summed E-state index contributed by atoms with van der Waals surface area (Å²) >= 11 is 0. The van der Waals surface area contributed by atoms with Crippen molar-refractivity contribution in [2.45, 2.75) is 17.7 Å². The van der Waals surface area contributed by atoms with Gasteiger partial charge in [0.05, 0.1) is 10.8 Å². The average molecular weight is 398 g/mol. The molecule has 142 valence electrons. The van der Waals surface area contributed by atoms with E-state index in [4.69, 9.17) is 5.73 Å². The number of carbonyl (C=O) groups is 1. The molecule has 2 aromatic carbocycles. The highest BCUT2D eigenvalue weighted by Gasteiger charge is 2.33. The molecule has 1 unspecified atom stereocenters. The topological polar surface area (TPSA) is 92.5 Å². The summed E-state index contributed by atoms with van der Waals surface area (Å²) < 4.78 is 27.8. The molecule has 0 aliphatic carbocycles. The first-order valence-corrected chi connectivity index (χ1v) is 9.94. The van der Waals surface area contributed by atoms with Gasteiger partial charge in [0.1, 0.15) is 0 Å². The maximum Gasteiger partial charge on any atom is 0.243 e. The average Bonchev–Trinajstić information content (AvgIpc) is 2.65. The van der Waals surface area contributed by atoms with Crippen LogP contribution in [-0.4, -0.2) is 44.8 Å². The number of nitrogens with zero attached hydrogens (tertiary/aromatic N) is 1. The van der Waals surface area contributed by atoms with E-state index in [0.29, 0.717) is 42.8 Å². The van der Waals surface area contributed by atoms with Crippen LogP contribution in [-0.2, 0) is 14.8 Å². The van der Waals surface area contributed by atoms with Gasteiger partial charge in [-0.15, -0.1) is 12.4 Å². The van der Waals surface area contributed by atoms with E-state index in [9.17, 15) is 13.2 Å². The van der Waals surface area contributed by atoms with Crippen LogP contribution in [0.1, 0.15) is 12.8 Å². The van der Waals surface area contributed by atoms with Crippen LogP contribution in [0.25, 0.3) is 10.8 Å². The van der Waals surface area contributed by atoms with E-state index in [-0.39, 0.29) is 30.8 Å². The lowest BCUT2D eigenvalue weighted by Crippen LogP contribution is -2.46. The zero-order valence-electron chi connectivity index (χ0n) is 14.4. The third-order valence-corrected chi connectivity index (χ3v) is 6.49. The van der Waals surface area contributed by atoms with Gasteiger partial charge in [-0.1, -0.05) is 36.4 Å². The van der Waals surface area contributed by atoms with Gasteiger partial charge in [0.25, 0.3) is 0 Å². The van der Waals surface area contributed by atoms with Crippen molar-refractivity contribution in [2.24, 2.45) is 11.7 Å². The van der Waals surface area contributed by atoms with Crippen LogP contribution in [0, 0.1) is 5.92 Å². The maximum absolute atomic E-state index is 13.2. The first-order valence-electron chi connectivity index (χ1n) is 8.49. The van der Waals surface area contributed by atoms with E-state index in [1.54, 1.807) is 12.1 Å². The Hall–Kier alpha value is -1.67. The fraction of sp³-hybridized carbons (Fsp3) is 0.389. The van der Waals surface area contributed by atoms with E-state index in [2.05, 4.69) is 5.32 Å². The zero-order chi connectivity index (χ0) is 17.9. The molecule has 1 aliphatic heterocycles. The molecule has 1 amide bonds. The first kappa shape index (κ1) is 20.6. The van der Waals surface area contributed by atoms with E-state index >= 15 is 0 Å². The predicted molar refractivity (Wildman–Crippen MR) is 105 cm³/mol. The molecule has 1 fully saturated rings. The highest BCUT2D eigenvalue weighted by molar-refractivity contribution is 7.89. The Balaban J connectivity index is 0.00000243. The highest BCUT2D eigenvalue weighted by atomic mass is 35.5. The van der Waals surface area contributed by atoms with Crippen molar-refractivity contribution in [3.05, 3.63) is 42.5 Å². The van der Waals surface area contributed by atoms with Crippen LogP contribution in [0.3, 0.4) is 0 Å². The number of fused-ring (bicyclic) bond motifs is 1. The number of rotatable bonds is 5. The normalized spacial score (nSPS) is 18.3. The summed E-state index contributed by atoms with van der Waals surface area (Å²) in [5.41, 5.74) is 5.41. The minimum Gasteiger partial charge on any atom is -0.355 e. The van der Waals surface area contributed by atoms with E-state index in [0.717, 1.165) is 5.39 Å². The Morgan fingerprint density at radius 2 is 1.92 bits per heavy atom. The van der Waals surface area contributed by atoms with Gasteiger partial charge in [-0.2, -0.15) is 4.31 Å². The fourth-order valence-corrected chi connectivity index (χ4v) is 5.01. The van der Waals surface area contributed by atoms with Crippen LogP contribution in [0.15, 0.2) is 47.4 Å². The summed E-state index contributed by atoms with van der Waals surface area (Å²) in [4.78, 5) is 12.5. The lowest BCUT2D eigenvalue weighted by molar-refractivity contribution is -0.126. The number of hydrogen-bond donors (Lipinski definition) is 2. The molecule has 26 heavy (non-hydrogen) atoms. The van der Waals surface area contributed by atoms with Gasteiger partial charge in [0.2, 0.25) is 15.9 Å². The van der Waals surface area contributed by atoms with Crippen molar-refractivity contribution in [3.63, 3.8) is 0 Å². The predicted octanol–water partition coefficient (Wildman–Crippen LogP) is 1.74. The number of sulfonamides is 1. The number of piperidine rings is 1. The summed E-state index contributed by atoms with van der Waals surface area (Å²) in [6.07, 6.45) is 1.36. The molecule has 1 saturated heterocycles. The monoisotopic (exact) mass is 397 g/mol. The van der Waals surface area contributed by atoms with Gasteiger partial charge in [-0.05, 0) is 24.3 Å². The largest absolute Gasteiger partial charge is 0.355 e. The lowest BCUT2D eigenvalue weighted by atomic mass is 9.99. The van der Waals surface area contributed by atoms with Gasteiger partial charge in [0, 0.05) is 31.6 Å². The van der Waals surface area contributed by atoms with Crippen molar-refractivity contribution in [2.75, 3.05) is 26.2 Å². The second kappa shape index (κ2) is 8.81. The molecular weight excluding hydrogens is 374 g/mol. The number of carbonyl (C=O) groups excluding carboxylic acids is 1. The van der Waals surface area contributed by atoms with Crippen molar-refractivity contribution in [3.8, 4) is 0 Å². The van der Waals surface area contributed by atoms with E-state index in [1.165, 1.54) is 4.31 Å². The van der Waals surface area contributed by atoms with Gasteiger partial charge < -0.3 is 11.1 Å². The molecule has 0 spiro atoms. The second-order valence-electron chi connectivity index (χ2n) is 6.26. The number of hydrogen-bond acceptors (Lipinski definition) is 4. The molecule has 6 nitrogen and oxygen atoms in total. The van der Waals surface area contributed by atoms with Crippen LogP contribution in [0.5, 0.6) is 0 Å². The molecule has 1 atom stereocenters. The van der Waals surface area contributed by atoms with Gasteiger partial charge >= 0.3 is 0 Å². The SMILES string of the molecule is Cl.NCCNC(=O)C1CCCN(S(=O)(=O)c2cccc3ccccc23)C1. The van der Waals surface area contributed by atoms with Crippen molar-refractivity contribution in [1.82, 2.24) is 9.62 Å². The molecule has 0 radical (unpaired) electrons. The molecule has 0 saturated carbocycles. The molecule has 3 N–H and O–H groups in total. The summed E-state index contributed by atoms with van der Waals surface area (Å²) in [5.74, 6) is -0.451. The molecule has 0 aromatic heterocycles. The first-order chi connectivity index (χ1) is 12.0.